The van der Waals surface area contributed by atoms with Crippen LogP contribution < -0.4 is 11.1 Å². The Balaban J connectivity index is 1.44. The molecule has 0 saturated heterocycles. The fraction of sp³-hybridized carbons (Fsp3) is 0.421. The first-order valence-corrected chi connectivity index (χ1v) is 9.17. The summed E-state index contributed by atoms with van der Waals surface area (Å²) in [7, 11) is 0. The number of fused-ring (bicyclic) bond motifs is 2. The molecule has 1 unspecified atom stereocenters. The summed E-state index contributed by atoms with van der Waals surface area (Å²) in [6.45, 7) is 0. The third kappa shape index (κ3) is 2.68. The van der Waals surface area contributed by atoms with Crippen LogP contribution in [-0.4, -0.2) is 37.4 Å². The molecule has 7 nitrogen and oxygen atoms in total. The molecule has 26 heavy (non-hydrogen) atoms. The van der Waals surface area contributed by atoms with Crippen LogP contribution >= 0.6 is 0 Å². The Kier molecular flexibility index (Phi) is 3.56. The minimum Gasteiger partial charge on any atom is -0.393 e. The van der Waals surface area contributed by atoms with E-state index in [0.717, 1.165) is 53.7 Å². The van der Waals surface area contributed by atoms with Gasteiger partial charge in [0.15, 0.2) is 0 Å². The molecule has 7 heteroatoms. The largest absolute Gasteiger partial charge is 0.393 e. The number of nitrogens with one attached hydrogen (secondary N) is 2. The lowest BCUT2D eigenvalue weighted by Crippen LogP contribution is -2.19. The van der Waals surface area contributed by atoms with Gasteiger partial charge in [-0.25, -0.2) is 4.98 Å². The molecule has 0 radical (unpaired) electrons. The Labute approximate surface area is 151 Å². The first kappa shape index (κ1) is 15.6. The zero-order valence-electron chi connectivity index (χ0n) is 14.4. The van der Waals surface area contributed by atoms with E-state index in [1.54, 1.807) is 6.20 Å². The highest BCUT2D eigenvalue weighted by Crippen LogP contribution is 2.45. The monoisotopic (exact) mass is 350 g/mol. The Morgan fingerprint density at radius 3 is 2.62 bits per heavy atom. The Morgan fingerprint density at radius 1 is 1.08 bits per heavy atom. The Morgan fingerprint density at radius 2 is 1.88 bits per heavy atom. The lowest BCUT2D eigenvalue weighted by Gasteiger charge is -2.17. The number of hydrogen-bond acceptors (Lipinski definition) is 6. The average molecular weight is 350 g/mol. The summed E-state index contributed by atoms with van der Waals surface area (Å²) in [6, 6.07) is 8.39. The summed E-state index contributed by atoms with van der Waals surface area (Å²) in [6.07, 6.45) is 5.65. The van der Waals surface area contributed by atoms with Crippen LogP contribution in [0.3, 0.4) is 0 Å². The van der Waals surface area contributed by atoms with Gasteiger partial charge in [-0.2, -0.15) is 10.1 Å². The minimum absolute atomic E-state index is 0.109. The molecule has 2 saturated carbocycles. The molecule has 3 aromatic rings. The van der Waals surface area contributed by atoms with Crippen molar-refractivity contribution in [2.24, 2.45) is 11.8 Å². The number of aliphatic hydroxyl groups excluding tert-OH is 1. The number of hydrogen-bond donors (Lipinski definition) is 4. The van der Waals surface area contributed by atoms with Crippen LogP contribution in [0.15, 0.2) is 30.5 Å². The SMILES string of the molecule is Nc1nc(N[C@@H]2C[C@H]3CC(O)C[C@H]3C2)c2ccc(-c3ccn[nH]3)cc2n1. The Bertz CT molecular complexity index is 927. The number of nitrogens with two attached hydrogens (primary N) is 1. The molecule has 2 heterocycles. The highest BCUT2D eigenvalue weighted by Gasteiger charge is 2.41. The molecule has 2 aromatic heterocycles. The first-order chi connectivity index (χ1) is 12.7. The maximum atomic E-state index is 9.83. The van der Waals surface area contributed by atoms with E-state index < -0.39 is 0 Å². The van der Waals surface area contributed by atoms with Gasteiger partial charge in [0, 0.05) is 23.2 Å². The number of nitrogens with zero attached hydrogens (tertiary/aromatic N) is 3. The number of benzene rings is 1. The summed E-state index contributed by atoms with van der Waals surface area (Å²) < 4.78 is 0. The van der Waals surface area contributed by atoms with Crippen molar-refractivity contribution in [3.05, 3.63) is 30.5 Å². The summed E-state index contributed by atoms with van der Waals surface area (Å²) in [4.78, 5) is 8.86. The highest BCUT2D eigenvalue weighted by atomic mass is 16.3. The van der Waals surface area contributed by atoms with Crippen molar-refractivity contribution in [2.75, 3.05) is 11.1 Å². The standard InChI is InChI=1S/C19H22N6O/c20-19-23-17-9-10(16-3-4-21-25-16)1-2-15(17)18(24-19)22-13-5-11-7-14(26)8-12(11)6-13/h1-4,9,11-14,26H,5-8H2,(H,21,25)(H3,20,22,23,24)/t11-,12+,13+,14?. The number of anilines is 2. The maximum Gasteiger partial charge on any atom is 0.222 e. The molecule has 5 N–H and O–H groups in total. The molecule has 2 fully saturated rings. The number of aromatic nitrogens is 4. The van der Waals surface area contributed by atoms with Crippen molar-refractivity contribution >= 4 is 22.7 Å². The zero-order chi connectivity index (χ0) is 17.7. The van der Waals surface area contributed by atoms with Crippen LogP contribution in [-0.2, 0) is 0 Å². The highest BCUT2D eigenvalue weighted by molar-refractivity contribution is 5.92. The zero-order valence-corrected chi connectivity index (χ0v) is 14.4. The van der Waals surface area contributed by atoms with Gasteiger partial charge >= 0.3 is 0 Å². The molecule has 2 aliphatic rings. The number of nitrogen functional groups attached to an aromatic ring is 1. The van der Waals surface area contributed by atoms with Gasteiger partial charge in [0.1, 0.15) is 5.82 Å². The molecule has 5 rings (SSSR count). The van der Waals surface area contributed by atoms with Gasteiger partial charge in [0.25, 0.3) is 0 Å². The predicted octanol–water partition coefficient (Wildman–Crippen LogP) is 2.56. The van der Waals surface area contributed by atoms with Crippen LogP contribution in [0, 0.1) is 11.8 Å². The molecule has 1 aromatic carbocycles. The van der Waals surface area contributed by atoms with Gasteiger partial charge in [-0.05, 0) is 55.7 Å². The molecule has 0 spiro atoms. The van der Waals surface area contributed by atoms with Gasteiger partial charge in [-0.1, -0.05) is 6.07 Å². The summed E-state index contributed by atoms with van der Waals surface area (Å²) in [5.74, 6) is 2.32. The number of aromatic amines is 1. The van der Waals surface area contributed by atoms with Gasteiger partial charge in [-0.3, -0.25) is 5.10 Å². The molecule has 4 atom stereocenters. The molecule has 0 amide bonds. The van der Waals surface area contributed by atoms with Crippen molar-refractivity contribution < 1.29 is 5.11 Å². The van der Waals surface area contributed by atoms with Gasteiger partial charge in [-0.15, -0.1) is 0 Å². The molecular weight excluding hydrogens is 328 g/mol. The van der Waals surface area contributed by atoms with Crippen LogP contribution in [0.25, 0.3) is 22.2 Å². The minimum atomic E-state index is -0.109. The lowest BCUT2D eigenvalue weighted by molar-refractivity contribution is 0.171. The van der Waals surface area contributed by atoms with E-state index in [1.165, 1.54) is 0 Å². The van der Waals surface area contributed by atoms with Crippen molar-refractivity contribution in [3.8, 4) is 11.3 Å². The molecule has 0 bridgehead atoms. The van der Waals surface area contributed by atoms with E-state index in [9.17, 15) is 5.11 Å². The van der Waals surface area contributed by atoms with E-state index in [1.807, 2.05) is 24.3 Å². The van der Waals surface area contributed by atoms with Crippen LogP contribution in [0.1, 0.15) is 25.7 Å². The second-order valence-corrected chi connectivity index (χ2v) is 7.59. The average Bonchev–Trinajstić information content (AvgIpc) is 3.30. The second-order valence-electron chi connectivity index (χ2n) is 7.59. The predicted molar refractivity (Wildman–Crippen MR) is 100 cm³/mol. The van der Waals surface area contributed by atoms with Crippen molar-refractivity contribution in [3.63, 3.8) is 0 Å². The van der Waals surface area contributed by atoms with Gasteiger partial charge in [0.2, 0.25) is 5.95 Å². The van der Waals surface area contributed by atoms with Crippen molar-refractivity contribution in [1.29, 1.82) is 0 Å². The number of H-pyrrole nitrogens is 1. The number of rotatable bonds is 3. The fourth-order valence-electron chi connectivity index (χ4n) is 4.74. The van der Waals surface area contributed by atoms with E-state index in [2.05, 4.69) is 25.5 Å². The van der Waals surface area contributed by atoms with Gasteiger partial charge < -0.3 is 16.2 Å². The van der Waals surface area contributed by atoms with Crippen LogP contribution in [0.2, 0.25) is 0 Å². The summed E-state index contributed by atoms with van der Waals surface area (Å²) in [5.41, 5.74) is 8.74. The van der Waals surface area contributed by atoms with Crippen molar-refractivity contribution in [2.45, 2.75) is 37.8 Å². The van der Waals surface area contributed by atoms with Gasteiger partial charge in [0.05, 0.1) is 17.3 Å². The van der Waals surface area contributed by atoms with Crippen molar-refractivity contribution in [1.82, 2.24) is 20.2 Å². The first-order valence-electron chi connectivity index (χ1n) is 9.17. The third-order valence-electron chi connectivity index (χ3n) is 5.86. The molecule has 134 valence electrons. The summed E-state index contributed by atoms with van der Waals surface area (Å²) >= 11 is 0. The second kappa shape index (κ2) is 5.95. The fourth-order valence-corrected chi connectivity index (χ4v) is 4.74. The lowest BCUT2D eigenvalue weighted by atomic mass is 10.0. The quantitative estimate of drug-likeness (QED) is 0.577. The smallest absolute Gasteiger partial charge is 0.222 e. The van der Waals surface area contributed by atoms with Crippen LogP contribution in [0.4, 0.5) is 11.8 Å². The third-order valence-corrected chi connectivity index (χ3v) is 5.86. The maximum absolute atomic E-state index is 9.83. The molecule has 2 aliphatic carbocycles. The topological polar surface area (TPSA) is 113 Å². The van der Waals surface area contributed by atoms with E-state index in [4.69, 9.17) is 5.73 Å². The van der Waals surface area contributed by atoms with E-state index in [0.29, 0.717) is 17.9 Å². The molecule has 0 aliphatic heterocycles. The normalized spacial score (nSPS) is 27.7. The number of aliphatic hydroxyl groups is 1. The summed E-state index contributed by atoms with van der Waals surface area (Å²) in [5, 5.41) is 21.4. The van der Waals surface area contributed by atoms with E-state index in [-0.39, 0.29) is 12.1 Å². The van der Waals surface area contributed by atoms with Crippen LogP contribution in [0.5, 0.6) is 0 Å². The Hall–Kier alpha value is -2.67. The molecular formula is C19H22N6O. The van der Waals surface area contributed by atoms with E-state index >= 15 is 0 Å².